The third-order valence-corrected chi connectivity index (χ3v) is 5.79. The summed E-state index contributed by atoms with van der Waals surface area (Å²) in [6.07, 6.45) is 9.01. The van der Waals surface area contributed by atoms with E-state index in [2.05, 4.69) is 45.1 Å². The van der Waals surface area contributed by atoms with Crippen LogP contribution < -0.4 is 5.73 Å². The van der Waals surface area contributed by atoms with E-state index >= 15 is 0 Å². The van der Waals surface area contributed by atoms with Crippen LogP contribution in [0, 0.1) is 0 Å². The molecule has 1 aromatic rings. The Kier molecular flexibility index (Phi) is 4.49. The second kappa shape index (κ2) is 6.17. The molecule has 1 saturated heterocycles. The molecule has 1 aliphatic heterocycles. The molecular weight excluding hydrogens is 312 g/mol. The van der Waals surface area contributed by atoms with Gasteiger partial charge >= 0.3 is 0 Å². The van der Waals surface area contributed by atoms with E-state index in [0.29, 0.717) is 0 Å². The van der Waals surface area contributed by atoms with Gasteiger partial charge in [-0.2, -0.15) is 0 Å². The smallest absolute Gasteiger partial charge is 0.0363 e. The Morgan fingerprint density at radius 3 is 2.25 bits per heavy atom. The van der Waals surface area contributed by atoms with E-state index in [1.54, 1.807) is 0 Å². The van der Waals surface area contributed by atoms with Crippen LogP contribution in [0.1, 0.15) is 44.1 Å². The molecule has 0 spiro atoms. The van der Waals surface area contributed by atoms with Gasteiger partial charge in [-0.05, 0) is 62.9 Å². The van der Waals surface area contributed by atoms with E-state index in [0.717, 1.165) is 10.9 Å². The van der Waals surface area contributed by atoms with Crippen molar-refractivity contribution >= 4 is 15.9 Å². The van der Waals surface area contributed by atoms with Crippen molar-refractivity contribution in [2.75, 3.05) is 13.1 Å². The summed E-state index contributed by atoms with van der Waals surface area (Å²) in [4.78, 5) is 2.71. The first-order valence-corrected chi connectivity index (χ1v) is 8.75. The average molecular weight is 337 g/mol. The average Bonchev–Trinajstić information content (AvgIpc) is 3.12. The van der Waals surface area contributed by atoms with Crippen molar-refractivity contribution in [1.29, 1.82) is 0 Å². The summed E-state index contributed by atoms with van der Waals surface area (Å²) in [5, 5.41) is 0. The van der Waals surface area contributed by atoms with Crippen LogP contribution in [0.5, 0.6) is 0 Å². The SMILES string of the molecule is NC(Cc1ccc(Br)cc1)C1(N2CCCC2)CCCC1. The van der Waals surface area contributed by atoms with E-state index < -0.39 is 0 Å². The van der Waals surface area contributed by atoms with E-state index in [1.165, 1.54) is 57.2 Å². The molecule has 1 aliphatic carbocycles. The van der Waals surface area contributed by atoms with Crippen molar-refractivity contribution in [3.05, 3.63) is 34.3 Å². The Balaban J connectivity index is 1.75. The van der Waals surface area contributed by atoms with E-state index in [9.17, 15) is 0 Å². The lowest BCUT2D eigenvalue weighted by molar-refractivity contribution is 0.0921. The maximum absolute atomic E-state index is 6.71. The summed E-state index contributed by atoms with van der Waals surface area (Å²) >= 11 is 3.50. The fourth-order valence-corrected chi connectivity index (χ4v) is 4.40. The van der Waals surface area contributed by atoms with Crippen LogP contribution in [0.15, 0.2) is 28.7 Å². The largest absolute Gasteiger partial charge is 0.326 e. The molecule has 0 bridgehead atoms. The number of nitrogens with two attached hydrogens (primary N) is 1. The zero-order chi connectivity index (χ0) is 14.0. The van der Waals surface area contributed by atoms with Gasteiger partial charge in [0.05, 0.1) is 0 Å². The number of nitrogens with zero attached hydrogens (tertiary/aromatic N) is 1. The first-order chi connectivity index (χ1) is 9.71. The minimum absolute atomic E-state index is 0.268. The van der Waals surface area contributed by atoms with Crippen molar-refractivity contribution in [1.82, 2.24) is 4.90 Å². The summed E-state index contributed by atoms with van der Waals surface area (Å²) < 4.78 is 1.14. The summed E-state index contributed by atoms with van der Waals surface area (Å²) in [5.41, 5.74) is 8.36. The number of likely N-dealkylation sites (tertiary alicyclic amines) is 1. The molecule has 1 saturated carbocycles. The molecule has 0 aromatic heterocycles. The maximum atomic E-state index is 6.71. The summed E-state index contributed by atoms with van der Waals surface area (Å²) in [5.74, 6) is 0. The van der Waals surface area contributed by atoms with Gasteiger partial charge in [0.15, 0.2) is 0 Å². The van der Waals surface area contributed by atoms with Gasteiger partial charge in [0.25, 0.3) is 0 Å². The molecule has 20 heavy (non-hydrogen) atoms. The highest BCUT2D eigenvalue weighted by Crippen LogP contribution is 2.40. The molecule has 3 rings (SSSR count). The Hall–Kier alpha value is -0.380. The molecule has 1 aromatic carbocycles. The third-order valence-electron chi connectivity index (χ3n) is 5.26. The minimum Gasteiger partial charge on any atom is -0.326 e. The normalized spacial score (nSPS) is 24.1. The summed E-state index contributed by atoms with van der Waals surface area (Å²) in [7, 11) is 0. The fourth-order valence-electron chi connectivity index (χ4n) is 4.14. The Labute approximate surface area is 130 Å². The number of benzene rings is 1. The number of hydrogen-bond donors (Lipinski definition) is 1. The van der Waals surface area contributed by atoms with Gasteiger partial charge in [-0.1, -0.05) is 40.9 Å². The predicted molar refractivity (Wildman–Crippen MR) is 87.8 cm³/mol. The van der Waals surface area contributed by atoms with Crippen LogP contribution in [-0.2, 0) is 6.42 Å². The Morgan fingerprint density at radius 2 is 1.65 bits per heavy atom. The van der Waals surface area contributed by atoms with Gasteiger partial charge in [0.1, 0.15) is 0 Å². The van der Waals surface area contributed by atoms with Gasteiger partial charge in [-0.15, -0.1) is 0 Å². The molecule has 2 nitrogen and oxygen atoms in total. The van der Waals surface area contributed by atoms with Crippen LogP contribution in [0.3, 0.4) is 0 Å². The standard InChI is InChI=1S/C17H25BrN2/c18-15-7-5-14(6-8-15)13-16(19)17(9-1-2-10-17)20-11-3-4-12-20/h5-8,16H,1-4,9-13,19H2. The molecule has 1 heterocycles. The summed E-state index contributed by atoms with van der Waals surface area (Å²) in [6, 6.07) is 8.93. The van der Waals surface area contributed by atoms with Gasteiger partial charge in [0, 0.05) is 16.1 Å². The predicted octanol–water partition coefficient (Wildman–Crippen LogP) is 3.73. The van der Waals surface area contributed by atoms with Gasteiger partial charge in [0.2, 0.25) is 0 Å². The van der Waals surface area contributed by atoms with Crippen molar-refractivity contribution in [3.8, 4) is 0 Å². The minimum atomic E-state index is 0.268. The third kappa shape index (κ3) is 2.81. The zero-order valence-corrected chi connectivity index (χ0v) is 13.7. The number of rotatable bonds is 4. The number of halogens is 1. The van der Waals surface area contributed by atoms with Gasteiger partial charge in [-0.3, -0.25) is 4.90 Å². The molecule has 2 fully saturated rings. The highest BCUT2D eigenvalue weighted by molar-refractivity contribution is 9.10. The Morgan fingerprint density at radius 1 is 1.05 bits per heavy atom. The molecule has 110 valence electrons. The van der Waals surface area contributed by atoms with Crippen LogP contribution in [0.2, 0.25) is 0 Å². The monoisotopic (exact) mass is 336 g/mol. The lowest BCUT2D eigenvalue weighted by Crippen LogP contribution is -2.58. The van der Waals surface area contributed by atoms with E-state index in [4.69, 9.17) is 5.73 Å². The molecule has 0 radical (unpaired) electrons. The van der Waals surface area contributed by atoms with Crippen molar-refractivity contribution in [2.24, 2.45) is 5.73 Å². The van der Waals surface area contributed by atoms with Crippen molar-refractivity contribution < 1.29 is 0 Å². The fraction of sp³-hybridized carbons (Fsp3) is 0.647. The Bertz CT molecular complexity index is 431. The molecule has 1 atom stereocenters. The van der Waals surface area contributed by atoms with Crippen LogP contribution in [0.25, 0.3) is 0 Å². The lowest BCUT2D eigenvalue weighted by Gasteiger charge is -2.43. The van der Waals surface area contributed by atoms with Gasteiger partial charge in [-0.25, -0.2) is 0 Å². The summed E-state index contributed by atoms with van der Waals surface area (Å²) in [6.45, 7) is 2.52. The van der Waals surface area contributed by atoms with Crippen LogP contribution >= 0.6 is 15.9 Å². The molecule has 3 heteroatoms. The second-order valence-electron chi connectivity index (χ2n) is 6.44. The van der Waals surface area contributed by atoms with Crippen LogP contribution in [0.4, 0.5) is 0 Å². The second-order valence-corrected chi connectivity index (χ2v) is 7.36. The molecule has 2 N–H and O–H groups in total. The van der Waals surface area contributed by atoms with Crippen LogP contribution in [-0.4, -0.2) is 29.6 Å². The topological polar surface area (TPSA) is 29.3 Å². The highest BCUT2D eigenvalue weighted by atomic mass is 79.9. The molecule has 2 aliphatic rings. The van der Waals surface area contributed by atoms with Gasteiger partial charge < -0.3 is 5.73 Å². The first-order valence-electron chi connectivity index (χ1n) is 7.96. The highest BCUT2D eigenvalue weighted by Gasteiger charge is 2.44. The first kappa shape index (κ1) is 14.6. The van der Waals surface area contributed by atoms with Crippen molar-refractivity contribution in [3.63, 3.8) is 0 Å². The maximum Gasteiger partial charge on any atom is 0.0363 e. The zero-order valence-electron chi connectivity index (χ0n) is 12.2. The molecular formula is C17H25BrN2. The molecule has 1 unspecified atom stereocenters. The quantitative estimate of drug-likeness (QED) is 0.907. The van der Waals surface area contributed by atoms with Crippen molar-refractivity contribution in [2.45, 2.75) is 56.5 Å². The van der Waals surface area contributed by atoms with E-state index in [1.807, 2.05) is 0 Å². The number of hydrogen-bond acceptors (Lipinski definition) is 2. The van der Waals surface area contributed by atoms with E-state index in [-0.39, 0.29) is 11.6 Å². The molecule has 0 amide bonds. The lowest BCUT2D eigenvalue weighted by atomic mass is 9.83.